The third-order valence-electron chi connectivity index (χ3n) is 4.00. The Hall–Kier alpha value is -3.68. The van der Waals surface area contributed by atoms with Crippen molar-refractivity contribution in [2.75, 3.05) is 0 Å². The van der Waals surface area contributed by atoms with Gasteiger partial charge in [-0.2, -0.15) is 10.2 Å². The van der Waals surface area contributed by atoms with Crippen molar-refractivity contribution >= 4 is 18.1 Å². The first-order valence-electron chi connectivity index (χ1n) is 8.57. The summed E-state index contributed by atoms with van der Waals surface area (Å²) in [6.07, 6.45) is 1.36. The Bertz CT molecular complexity index is 1040. The summed E-state index contributed by atoms with van der Waals surface area (Å²) in [4.78, 5) is 23.2. The van der Waals surface area contributed by atoms with Gasteiger partial charge in [-0.15, -0.1) is 0 Å². The molecule has 8 nitrogen and oxygen atoms in total. The molecule has 0 saturated heterocycles. The molecular formula is C20H20N4O4. The third kappa shape index (κ3) is 4.35. The summed E-state index contributed by atoms with van der Waals surface area (Å²) in [7, 11) is 0. The molecule has 0 fully saturated rings. The van der Waals surface area contributed by atoms with Crippen molar-refractivity contribution < 1.29 is 19.1 Å². The third-order valence-corrected chi connectivity index (χ3v) is 4.00. The molecule has 1 aromatic carbocycles. The number of furan rings is 1. The number of hydrazone groups is 1. The molecule has 0 saturated carbocycles. The standard InChI is InChI=1S/C20H20N4O4/c1-20(2,3)17-10-15(22-23-17)18(25)24-21-11-14-7-8-16(28-14)12-5-4-6-13(9-12)19(26)27/h4-11H,1-3H3,(H,22,23)(H,24,25)(H,26,27)/b21-11-. The number of carbonyl (C=O) groups excluding carboxylic acids is 1. The second-order valence-electron chi connectivity index (χ2n) is 7.20. The van der Waals surface area contributed by atoms with Gasteiger partial charge in [0, 0.05) is 16.7 Å². The molecule has 0 atom stereocenters. The number of aromatic amines is 1. The van der Waals surface area contributed by atoms with Crippen molar-refractivity contribution in [2.24, 2.45) is 5.10 Å². The van der Waals surface area contributed by atoms with E-state index < -0.39 is 11.9 Å². The number of hydrogen-bond donors (Lipinski definition) is 3. The van der Waals surface area contributed by atoms with E-state index in [1.165, 1.54) is 18.3 Å². The summed E-state index contributed by atoms with van der Waals surface area (Å²) in [5, 5.41) is 19.8. The minimum Gasteiger partial charge on any atom is -0.478 e. The molecule has 3 aromatic rings. The van der Waals surface area contributed by atoms with Crippen LogP contribution in [0, 0.1) is 0 Å². The zero-order valence-electron chi connectivity index (χ0n) is 15.7. The second kappa shape index (κ2) is 7.51. The monoisotopic (exact) mass is 380 g/mol. The van der Waals surface area contributed by atoms with Gasteiger partial charge < -0.3 is 9.52 Å². The maximum atomic E-state index is 12.1. The fourth-order valence-corrected chi connectivity index (χ4v) is 2.42. The van der Waals surface area contributed by atoms with E-state index in [4.69, 9.17) is 9.52 Å². The van der Waals surface area contributed by atoms with Crippen molar-refractivity contribution in [2.45, 2.75) is 26.2 Å². The Morgan fingerprint density at radius 1 is 1.21 bits per heavy atom. The number of carboxylic acid groups (broad SMARTS) is 1. The molecule has 0 aliphatic rings. The molecule has 144 valence electrons. The number of aromatic nitrogens is 2. The number of nitrogens with zero attached hydrogens (tertiary/aromatic N) is 2. The predicted molar refractivity (Wildman–Crippen MR) is 103 cm³/mol. The van der Waals surface area contributed by atoms with E-state index >= 15 is 0 Å². The number of nitrogens with one attached hydrogen (secondary N) is 2. The highest BCUT2D eigenvalue weighted by Gasteiger charge is 2.19. The molecule has 8 heteroatoms. The molecule has 28 heavy (non-hydrogen) atoms. The average molecular weight is 380 g/mol. The number of H-pyrrole nitrogens is 1. The van der Waals surface area contributed by atoms with E-state index in [0.29, 0.717) is 17.1 Å². The summed E-state index contributed by atoms with van der Waals surface area (Å²) >= 11 is 0. The summed E-state index contributed by atoms with van der Waals surface area (Å²) < 4.78 is 5.63. The lowest BCUT2D eigenvalue weighted by molar-refractivity contribution is 0.0696. The Morgan fingerprint density at radius 3 is 2.68 bits per heavy atom. The normalized spacial score (nSPS) is 11.7. The molecule has 0 aliphatic carbocycles. The van der Waals surface area contributed by atoms with Crippen LogP contribution < -0.4 is 5.43 Å². The predicted octanol–water partition coefficient (Wildman–Crippen LogP) is 3.43. The minimum atomic E-state index is -1.01. The van der Waals surface area contributed by atoms with Crippen molar-refractivity contribution in [3.63, 3.8) is 0 Å². The van der Waals surface area contributed by atoms with Gasteiger partial charge in [-0.25, -0.2) is 10.2 Å². The number of rotatable bonds is 5. The van der Waals surface area contributed by atoms with Crippen LogP contribution in [-0.4, -0.2) is 33.4 Å². The fraction of sp³-hybridized carbons (Fsp3) is 0.200. The Labute approximate surface area is 161 Å². The van der Waals surface area contributed by atoms with Gasteiger partial charge in [0.1, 0.15) is 11.5 Å². The van der Waals surface area contributed by atoms with Crippen LogP contribution in [0.5, 0.6) is 0 Å². The molecule has 2 heterocycles. The Balaban J connectivity index is 1.66. The molecule has 0 aliphatic heterocycles. The van der Waals surface area contributed by atoms with Gasteiger partial charge in [-0.3, -0.25) is 9.89 Å². The zero-order valence-corrected chi connectivity index (χ0v) is 15.7. The quantitative estimate of drug-likeness (QED) is 0.462. The summed E-state index contributed by atoms with van der Waals surface area (Å²) in [6.45, 7) is 6.04. The van der Waals surface area contributed by atoms with Gasteiger partial charge >= 0.3 is 5.97 Å². The highest BCUT2D eigenvalue weighted by Crippen LogP contribution is 2.23. The lowest BCUT2D eigenvalue weighted by atomic mass is 9.92. The van der Waals surface area contributed by atoms with Crippen molar-refractivity contribution in [3.8, 4) is 11.3 Å². The first-order chi connectivity index (χ1) is 13.2. The first kappa shape index (κ1) is 19.1. The van der Waals surface area contributed by atoms with Crippen LogP contribution in [0.25, 0.3) is 11.3 Å². The van der Waals surface area contributed by atoms with Crippen LogP contribution in [0.15, 0.2) is 52.0 Å². The van der Waals surface area contributed by atoms with E-state index in [1.807, 2.05) is 20.8 Å². The van der Waals surface area contributed by atoms with E-state index in [1.54, 1.807) is 30.3 Å². The maximum absolute atomic E-state index is 12.1. The molecule has 0 bridgehead atoms. The van der Waals surface area contributed by atoms with Crippen molar-refractivity contribution in [3.05, 3.63) is 65.2 Å². The fourth-order valence-electron chi connectivity index (χ4n) is 2.42. The lowest BCUT2D eigenvalue weighted by Gasteiger charge is -2.14. The molecule has 3 N–H and O–H groups in total. The Kier molecular flexibility index (Phi) is 5.12. The Morgan fingerprint density at radius 2 is 2.00 bits per heavy atom. The molecule has 2 aromatic heterocycles. The molecule has 0 spiro atoms. The number of aromatic carboxylic acids is 1. The topological polar surface area (TPSA) is 121 Å². The van der Waals surface area contributed by atoms with Gasteiger partial charge in [0.2, 0.25) is 0 Å². The van der Waals surface area contributed by atoms with Crippen LogP contribution in [0.3, 0.4) is 0 Å². The van der Waals surface area contributed by atoms with Crippen LogP contribution in [0.4, 0.5) is 0 Å². The van der Waals surface area contributed by atoms with E-state index in [9.17, 15) is 9.59 Å². The number of hydrogen-bond acceptors (Lipinski definition) is 5. The number of carboxylic acids is 1. The lowest BCUT2D eigenvalue weighted by Crippen LogP contribution is -2.18. The van der Waals surface area contributed by atoms with Crippen LogP contribution in [-0.2, 0) is 5.41 Å². The summed E-state index contributed by atoms with van der Waals surface area (Å²) in [6, 6.07) is 11.5. The van der Waals surface area contributed by atoms with Crippen LogP contribution >= 0.6 is 0 Å². The first-order valence-corrected chi connectivity index (χ1v) is 8.57. The molecule has 0 unspecified atom stereocenters. The molecular weight excluding hydrogens is 360 g/mol. The van der Waals surface area contributed by atoms with Crippen molar-refractivity contribution in [1.29, 1.82) is 0 Å². The summed E-state index contributed by atoms with van der Waals surface area (Å²) in [5.74, 6) is -0.540. The highest BCUT2D eigenvalue weighted by atomic mass is 16.4. The molecule has 0 radical (unpaired) electrons. The number of carbonyl (C=O) groups is 2. The van der Waals surface area contributed by atoms with Gasteiger partial charge in [0.25, 0.3) is 5.91 Å². The van der Waals surface area contributed by atoms with E-state index in [0.717, 1.165) is 5.69 Å². The van der Waals surface area contributed by atoms with Gasteiger partial charge in [-0.05, 0) is 30.3 Å². The van der Waals surface area contributed by atoms with E-state index in [-0.39, 0.29) is 16.7 Å². The highest BCUT2D eigenvalue weighted by molar-refractivity contribution is 5.93. The number of amides is 1. The van der Waals surface area contributed by atoms with E-state index in [2.05, 4.69) is 20.7 Å². The smallest absolute Gasteiger partial charge is 0.335 e. The van der Waals surface area contributed by atoms with Crippen LogP contribution in [0.2, 0.25) is 0 Å². The van der Waals surface area contributed by atoms with Gasteiger partial charge in [0.15, 0.2) is 5.69 Å². The minimum absolute atomic E-state index is 0.142. The molecule has 3 rings (SSSR count). The SMILES string of the molecule is CC(C)(C)c1cc(C(=O)N/N=C\c2ccc(-c3cccc(C(=O)O)c3)o2)n[nH]1. The van der Waals surface area contributed by atoms with Gasteiger partial charge in [0.05, 0.1) is 11.8 Å². The zero-order chi connectivity index (χ0) is 20.3. The van der Waals surface area contributed by atoms with Crippen LogP contribution in [0.1, 0.15) is 53.1 Å². The second-order valence-corrected chi connectivity index (χ2v) is 7.20. The van der Waals surface area contributed by atoms with Crippen molar-refractivity contribution in [1.82, 2.24) is 15.6 Å². The molecule has 1 amide bonds. The van der Waals surface area contributed by atoms with Gasteiger partial charge in [-0.1, -0.05) is 32.9 Å². The average Bonchev–Trinajstić information content (AvgIpc) is 3.31. The maximum Gasteiger partial charge on any atom is 0.335 e. The largest absolute Gasteiger partial charge is 0.478 e. The summed E-state index contributed by atoms with van der Waals surface area (Å²) in [5.41, 5.74) is 4.15. The number of benzene rings is 1.